The van der Waals surface area contributed by atoms with Gasteiger partial charge in [-0.25, -0.2) is 0 Å². The third-order valence-electron chi connectivity index (χ3n) is 5.33. The van der Waals surface area contributed by atoms with Gasteiger partial charge in [-0.2, -0.15) is 0 Å². The van der Waals surface area contributed by atoms with E-state index in [4.69, 9.17) is 0 Å². The zero-order valence-corrected chi connectivity index (χ0v) is 12.8. The van der Waals surface area contributed by atoms with Crippen molar-refractivity contribution in [3.8, 4) is 0 Å². The molecule has 18 heavy (non-hydrogen) atoms. The van der Waals surface area contributed by atoms with Crippen LogP contribution >= 0.6 is 0 Å². The van der Waals surface area contributed by atoms with Gasteiger partial charge in [-0.15, -0.1) is 0 Å². The molecular formula is C15H33N3+2. The molecule has 0 aromatic carbocycles. The van der Waals surface area contributed by atoms with Crippen molar-refractivity contribution >= 4 is 0 Å². The Bertz CT molecular complexity index is 226. The van der Waals surface area contributed by atoms with Gasteiger partial charge in [0, 0.05) is 38.8 Å². The molecule has 2 heterocycles. The van der Waals surface area contributed by atoms with E-state index in [2.05, 4.69) is 26.0 Å². The minimum atomic E-state index is 1.27. The number of likely N-dealkylation sites (N-methyl/N-ethyl adjacent to an activating group) is 3. The highest BCUT2D eigenvalue weighted by Gasteiger charge is 2.28. The van der Waals surface area contributed by atoms with E-state index in [-0.39, 0.29) is 0 Å². The molecule has 2 fully saturated rings. The highest BCUT2D eigenvalue weighted by atomic mass is 15.4. The SMILES string of the molecule is CN(CC[N+]1(C)CCCC1)CC[N+]1(C)CCCC1. The van der Waals surface area contributed by atoms with Crippen LogP contribution in [0.4, 0.5) is 0 Å². The van der Waals surface area contributed by atoms with Crippen molar-refractivity contribution < 1.29 is 8.97 Å². The summed E-state index contributed by atoms with van der Waals surface area (Å²) in [7, 11) is 7.19. The predicted molar refractivity (Wildman–Crippen MR) is 77.5 cm³/mol. The van der Waals surface area contributed by atoms with E-state index in [1.165, 1.54) is 87.0 Å². The van der Waals surface area contributed by atoms with Gasteiger partial charge in [0.05, 0.1) is 53.4 Å². The van der Waals surface area contributed by atoms with Crippen molar-refractivity contribution in [2.24, 2.45) is 0 Å². The second-order valence-electron chi connectivity index (χ2n) is 7.30. The summed E-state index contributed by atoms with van der Waals surface area (Å²) in [4.78, 5) is 2.56. The fourth-order valence-corrected chi connectivity index (χ4v) is 3.58. The standard InChI is InChI=1S/C15H33N3/c1-16(8-14-17(2)10-4-5-11-17)9-15-18(3)12-6-7-13-18/h4-15H2,1-3H3/q+2. The van der Waals surface area contributed by atoms with Crippen molar-refractivity contribution in [1.82, 2.24) is 4.90 Å². The van der Waals surface area contributed by atoms with E-state index >= 15 is 0 Å². The molecule has 0 atom stereocenters. The molecule has 2 aliphatic heterocycles. The molecule has 0 spiro atoms. The predicted octanol–water partition coefficient (Wildman–Crippen LogP) is 1.40. The lowest BCUT2D eigenvalue weighted by Crippen LogP contribution is -2.49. The number of nitrogens with zero attached hydrogens (tertiary/aromatic N) is 3. The van der Waals surface area contributed by atoms with Crippen molar-refractivity contribution in [1.29, 1.82) is 0 Å². The van der Waals surface area contributed by atoms with Crippen LogP contribution in [-0.2, 0) is 0 Å². The molecule has 0 bridgehead atoms. The van der Waals surface area contributed by atoms with E-state index in [1.54, 1.807) is 0 Å². The van der Waals surface area contributed by atoms with Crippen LogP contribution in [0, 0.1) is 0 Å². The molecule has 0 aromatic rings. The van der Waals surface area contributed by atoms with E-state index < -0.39 is 0 Å². The number of quaternary nitrogens is 2. The van der Waals surface area contributed by atoms with Gasteiger partial charge >= 0.3 is 0 Å². The Morgan fingerprint density at radius 1 is 0.722 bits per heavy atom. The molecule has 0 radical (unpaired) electrons. The molecule has 2 aliphatic rings. The van der Waals surface area contributed by atoms with Gasteiger partial charge in [0.1, 0.15) is 0 Å². The maximum absolute atomic E-state index is 2.56. The summed E-state index contributed by atoms with van der Waals surface area (Å²) in [6, 6.07) is 0. The van der Waals surface area contributed by atoms with Gasteiger partial charge in [-0.3, -0.25) is 4.90 Å². The Labute approximate surface area is 114 Å². The van der Waals surface area contributed by atoms with Crippen molar-refractivity contribution in [3.63, 3.8) is 0 Å². The van der Waals surface area contributed by atoms with Crippen LogP contribution in [-0.4, -0.2) is 87.4 Å². The van der Waals surface area contributed by atoms with E-state index in [0.29, 0.717) is 0 Å². The van der Waals surface area contributed by atoms with Gasteiger partial charge in [0.15, 0.2) is 0 Å². The highest BCUT2D eigenvalue weighted by Crippen LogP contribution is 2.17. The maximum Gasteiger partial charge on any atom is 0.0913 e. The highest BCUT2D eigenvalue weighted by molar-refractivity contribution is 4.58. The van der Waals surface area contributed by atoms with Crippen molar-refractivity contribution in [3.05, 3.63) is 0 Å². The van der Waals surface area contributed by atoms with Crippen molar-refractivity contribution in [2.45, 2.75) is 25.7 Å². The number of hydrogen-bond donors (Lipinski definition) is 0. The van der Waals surface area contributed by atoms with Gasteiger partial charge in [-0.05, 0) is 7.05 Å². The largest absolute Gasteiger partial charge is 0.325 e. The second-order valence-corrected chi connectivity index (χ2v) is 7.30. The third-order valence-corrected chi connectivity index (χ3v) is 5.33. The van der Waals surface area contributed by atoms with Gasteiger partial charge in [0.2, 0.25) is 0 Å². The van der Waals surface area contributed by atoms with Gasteiger partial charge in [0.25, 0.3) is 0 Å². The number of rotatable bonds is 6. The normalized spacial score (nSPS) is 26.0. The summed E-state index contributed by atoms with van der Waals surface area (Å²) in [6.07, 6.45) is 5.76. The van der Waals surface area contributed by atoms with Crippen molar-refractivity contribution in [2.75, 3.05) is 73.5 Å². The lowest BCUT2D eigenvalue weighted by Gasteiger charge is -2.33. The Morgan fingerprint density at radius 2 is 1.06 bits per heavy atom. The first-order valence-electron chi connectivity index (χ1n) is 7.87. The Hall–Kier alpha value is -0.120. The minimum Gasteiger partial charge on any atom is -0.325 e. The smallest absolute Gasteiger partial charge is 0.0913 e. The second kappa shape index (κ2) is 5.89. The Kier molecular flexibility index (Phi) is 4.68. The number of likely N-dealkylation sites (tertiary alicyclic amines) is 2. The molecule has 2 rings (SSSR count). The molecule has 3 nitrogen and oxygen atoms in total. The van der Waals surface area contributed by atoms with Crippen LogP contribution < -0.4 is 0 Å². The molecule has 0 unspecified atom stereocenters. The summed E-state index contributed by atoms with van der Waals surface area (Å²) in [5.41, 5.74) is 0. The molecular weight excluding hydrogens is 222 g/mol. The quantitative estimate of drug-likeness (QED) is 0.649. The molecule has 0 amide bonds. The molecule has 2 saturated heterocycles. The van der Waals surface area contributed by atoms with E-state index in [9.17, 15) is 0 Å². The summed E-state index contributed by atoms with van der Waals surface area (Å²) in [6.45, 7) is 10.9. The lowest BCUT2D eigenvalue weighted by atomic mass is 10.4. The average Bonchev–Trinajstić information content (AvgIpc) is 2.95. The lowest BCUT2D eigenvalue weighted by molar-refractivity contribution is -0.899. The Morgan fingerprint density at radius 3 is 1.39 bits per heavy atom. The van der Waals surface area contributed by atoms with Crippen LogP contribution in [0.1, 0.15) is 25.7 Å². The number of hydrogen-bond acceptors (Lipinski definition) is 1. The summed E-state index contributed by atoms with van der Waals surface area (Å²) >= 11 is 0. The first kappa shape index (κ1) is 14.3. The van der Waals surface area contributed by atoms with Crippen LogP contribution in [0.5, 0.6) is 0 Å². The first-order valence-corrected chi connectivity index (χ1v) is 7.87. The van der Waals surface area contributed by atoms with Crippen LogP contribution in [0.15, 0.2) is 0 Å². The van der Waals surface area contributed by atoms with Crippen LogP contribution in [0.2, 0.25) is 0 Å². The monoisotopic (exact) mass is 255 g/mol. The summed E-state index contributed by atoms with van der Waals surface area (Å²) in [5, 5.41) is 0. The molecule has 0 saturated carbocycles. The van der Waals surface area contributed by atoms with Gasteiger partial charge < -0.3 is 8.97 Å². The summed E-state index contributed by atoms with van der Waals surface area (Å²) < 4.78 is 2.63. The van der Waals surface area contributed by atoms with E-state index in [1.807, 2.05) is 0 Å². The van der Waals surface area contributed by atoms with E-state index in [0.717, 1.165) is 0 Å². The molecule has 0 aromatic heterocycles. The van der Waals surface area contributed by atoms with Crippen LogP contribution in [0.25, 0.3) is 0 Å². The average molecular weight is 255 g/mol. The zero-order chi connectivity index (χ0) is 13.1. The molecule has 0 aliphatic carbocycles. The molecule has 0 N–H and O–H groups in total. The van der Waals surface area contributed by atoms with Crippen LogP contribution in [0.3, 0.4) is 0 Å². The zero-order valence-electron chi connectivity index (χ0n) is 12.8. The van der Waals surface area contributed by atoms with Gasteiger partial charge in [-0.1, -0.05) is 0 Å². The third kappa shape index (κ3) is 3.94. The Balaban J connectivity index is 1.64. The molecule has 3 heteroatoms. The summed E-state index contributed by atoms with van der Waals surface area (Å²) in [5.74, 6) is 0. The topological polar surface area (TPSA) is 3.24 Å². The fraction of sp³-hybridized carbons (Fsp3) is 1.00. The molecule has 106 valence electrons. The maximum atomic E-state index is 2.56. The first-order chi connectivity index (χ1) is 8.52. The minimum absolute atomic E-state index is 1.27. The fourth-order valence-electron chi connectivity index (χ4n) is 3.58.